The normalized spacial score (nSPS) is 21.8. The molecule has 0 aliphatic heterocycles. The topological polar surface area (TPSA) is 84.1 Å². The van der Waals surface area contributed by atoms with Crippen molar-refractivity contribution in [3.63, 3.8) is 0 Å². The molecule has 0 saturated heterocycles. The third-order valence-corrected chi connectivity index (χ3v) is 5.52. The summed E-state index contributed by atoms with van der Waals surface area (Å²) in [6.07, 6.45) is 12.8. The van der Waals surface area contributed by atoms with E-state index in [2.05, 4.69) is 21.4 Å². The quantitative estimate of drug-likeness (QED) is 0.743. The largest absolute Gasteiger partial charge is 0.507 e. The number of nitrogens with one attached hydrogen (secondary N) is 1. The molecule has 0 amide bonds. The van der Waals surface area contributed by atoms with Crippen LogP contribution in [0.1, 0.15) is 48.8 Å². The standard InChI is InChI=1S/C21H24N4O/c1-2-13-7-10-18(19(26)11-13)20-16-5-3-4-6-17(16)21(25-24-20)23-15-9-8-14(22)12-15/h1,7,10-11,14-15,26H,3-6,8-9,12,22H2,(H,23,25)/t14-,15-/m0/s1. The Kier molecular flexibility index (Phi) is 4.52. The molecule has 2 aromatic rings. The number of nitrogens with two attached hydrogens (primary N) is 1. The molecule has 1 saturated carbocycles. The molecule has 1 fully saturated rings. The molecule has 2 aliphatic rings. The van der Waals surface area contributed by atoms with Gasteiger partial charge in [-0.3, -0.25) is 0 Å². The van der Waals surface area contributed by atoms with Crippen molar-refractivity contribution in [1.29, 1.82) is 0 Å². The minimum atomic E-state index is 0.157. The monoisotopic (exact) mass is 348 g/mol. The van der Waals surface area contributed by atoms with E-state index in [0.717, 1.165) is 56.5 Å². The molecule has 4 N–H and O–H groups in total. The van der Waals surface area contributed by atoms with E-state index in [-0.39, 0.29) is 11.8 Å². The van der Waals surface area contributed by atoms with Crippen LogP contribution in [0.4, 0.5) is 5.82 Å². The van der Waals surface area contributed by atoms with Crippen LogP contribution in [0.5, 0.6) is 5.75 Å². The summed E-state index contributed by atoms with van der Waals surface area (Å²) < 4.78 is 0. The van der Waals surface area contributed by atoms with Gasteiger partial charge >= 0.3 is 0 Å². The van der Waals surface area contributed by atoms with Gasteiger partial charge in [0, 0.05) is 28.8 Å². The predicted octanol–water partition coefficient (Wildman–Crippen LogP) is 3.00. The van der Waals surface area contributed by atoms with Gasteiger partial charge in [-0.15, -0.1) is 16.6 Å². The van der Waals surface area contributed by atoms with Crippen molar-refractivity contribution >= 4 is 5.82 Å². The second kappa shape index (κ2) is 6.97. The molecule has 0 bridgehead atoms. The molecule has 4 rings (SSSR count). The van der Waals surface area contributed by atoms with Crippen molar-refractivity contribution in [1.82, 2.24) is 10.2 Å². The van der Waals surface area contributed by atoms with Crippen LogP contribution in [0.2, 0.25) is 0 Å². The number of hydrogen-bond donors (Lipinski definition) is 3. The molecule has 1 heterocycles. The Morgan fingerprint density at radius 2 is 1.96 bits per heavy atom. The highest BCUT2D eigenvalue weighted by atomic mass is 16.3. The minimum absolute atomic E-state index is 0.157. The maximum atomic E-state index is 10.4. The second-order valence-electron chi connectivity index (χ2n) is 7.35. The molecule has 5 heteroatoms. The summed E-state index contributed by atoms with van der Waals surface area (Å²) in [5.74, 6) is 3.59. The van der Waals surface area contributed by atoms with Crippen LogP contribution in [0.25, 0.3) is 11.3 Å². The summed E-state index contributed by atoms with van der Waals surface area (Å²) in [5, 5.41) is 23.0. The van der Waals surface area contributed by atoms with Crippen molar-refractivity contribution in [3.05, 3.63) is 34.9 Å². The maximum absolute atomic E-state index is 10.4. The van der Waals surface area contributed by atoms with Gasteiger partial charge in [-0.1, -0.05) is 5.92 Å². The number of aromatic hydroxyl groups is 1. The number of benzene rings is 1. The fourth-order valence-electron chi connectivity index (χ4n) is 4.14. The molecular weight excluding hydrogens is 324 g/mol. The summed E-state index contributed by atoms with van der Waals surface area (Å²) in [6, 6.07) is 5.93. The Balaban J connectivity index is 1.72. The predicted molar refractivity (Wildman–Crippen MR) is 103 cm³/mol. The van der Waals surface area contributed by atoms with Crippen LogP contribution in [0.3, 0.4) is 0 Å². The first kappa shape index (κ1) is 16.9. The van der Waals surface area contributed by atoms with Gasteiger partial charge in [0.2, 0.25) is 0 Å². The van der Waals surface area contributed by atoms with E-state index in [1.807, 2.05) is 12.1 Å². The molecule has 2 atom stereocenters. The van der Waals surface area contributed by atoms with Gasteiger partial charge in [0.05, 0.1) is 0 Å². The second-order valence-corrected chi connectivity index (χ2v) is 7.35. The zero-order valence-electron chi connectivity index (χ0n) is 14.8. The Labute approximate surface area is 154 Å². The summed E-state index contributed by atoms with van der Waals surface area (Å²) in [6.45, 7) is 0. The summed E-state index contributed by atoms with van der Waals surface area (Å²) in [4.78, 5) is 0. The Morgan fingerprint density at radius 1 is 1.15 bits per heavy atom. The van der Waals surface area contributed by atoms with Crippen LogP contribution < -0.4 is 11.1 Å². The summed E-state index contributed by atoms with van der Waals surface area (Å²) >= 11 is 0. The molecule has 0 unspecified atom stereocenters. The number of anilines is 1. The average Bonchev–Trinajstić information content (AvgIpc) is 3.07. The first-order chi connectivity index (χ1) is 12.7. The first-order valence-electron chi connectivity index (χ1n) is 9.36. The van der Waals surface area contributed by atoms with Gasteiger partial charge in [0.1, 0.15) is 11.4 Å². The number of phenols is 1. The Morgan fingerprint density at radius 3 is 2.65 bits per heavy atom. The van der Waals surface area contributed by atoms with Crippen LogP contribution in [-0.4, -0.2) is 27.4 Å². The molecule has 1 aromatic carbocycles. The summed E-state index contributed by atoms with van der Waals surface area (Å²) in [7, 11) is 0. The molecule has 134 valence electrons. The Bertz CT molecular complexity index is 871. The lowest BCUT2D eigenvalue weighted by molar-refractivity contribution is 0.476. The van der Waals surface area contributed by atoms with Gasteiger partial charge in [0.25, 0.3) is 0 Å². The van der Waals surface area contributed by atoms with Crippen LogP contribution in [-0.2, 0) is 12.8 Å². The molecule has 0 radical (unpaired) electrons. The number of phenolic OH excluding ortho intramolecular Hbond substituents is 1. The van der Waals surface area contributed by atoms with E-state index in [0.29, 0.717) is 17.2 Å². The molecule has 2 aliphatic carbocycles. The number of aromatic nitrogens is 2. The maximum Gasteiger partial charge on any atom is 0.152 e. The molecule has 1 aromatic heterocycles. The molecule has 26 heavy (non-hydrogen) atoms. The number of nitrogens with zero attached hydrogens (tertiary/aromatic N) is 2. The number of rotatable bonds is 3. The molecule has 0 spiro atoms. The summed E-state index contributed by atoms with van der Waals surface area (Å²) in [5.41, 5.74) is 10.6. The van der Waals surface area contributed by atoms with Gasteiger partial charge in [0.15, 0.2) is 5.82 Å². The lowest BCUT2D eigenvalue weighted by Crippen LogP contribution is -2.23. The smallest absolute Gasteiger partial charge is 0.152 e. The SMILES string of the molecule is C#Cc1ccc(-c2nnc(N[C@H]3CC[C@H](N)C3)c3c2CCCC3)c(O)c1. The molecular formula is C21H24N4O. The van der Waals surface area contributed by atoms with E-state index in [1.54, 1.807) is 6.07 Å². The minimum Gasteiger partial charge on any atom is -0.507 e. The van der Waals surface area contributed by atoms with Gasteiger partial charge in [-0.25, -0.2) is 0 Å². The number of fused-ring (bicyclic) bond motifs is 1. The highest BCUT2D eigenvalue weighted by Gasteiger charge is 2.26. The lowest BCUT2D eigenvalue weighted by atomic mass is 9.88. The van der Waals surface area contributed by atoms with Gasteiger partial charge in [-0.05, 0) is 68.7 Å². The first-order valence-corrected chi connectivity index (χ1v) is 9.36. The molecule has 5 nitrogen and oxygen atoms in total. The van der Waals surface area contributed by atoms with E-state index in [4.69, 9.17) is 12.2 Å². The van der Waals surface area contributed by atoms with Gasteiger partial charge in [-0.2, -0.15) is 0 Å². The number of hydrogen-bond acceptors (Lipinski definition) is 5. The fourth-order valence-corrected chi connectivity index (χ4v) is 4.14. The van der Waals surface area contributed by atoms with E-state index in [9.17, 15) is 5.11 Å². The zero-order valence-corrected chi connectivity index (χ0v) is 14.8. The van der Waals surface area contributed by atoms with Gasteiger partial charge < -0.3 is 16.2 Å². The van der Waals surface area contributed by atoms with Crippen molar-refractivity contribution in [3.8, 4) is 29.4 Å². The van der Waals surface area contributed by atoms with Crippen LogP contribution in [0.15, 0.2) is 18.2 Å². The van der Waals surface area contributed by atoms with E-state index >= 15 is 0 Å². The third-order valence-electron chi connectivity index (χ3n) is 5.52. The fraction of sp³-hybridized carbons (Fsp3) is 0.429. The van der Waals surface area contributed by atoms with Crippen molar-refractivity contribution in [2.24, 2.45) is 5.73 Å². The van der Waals surface area contributed by atoms with Crippen molar-refractivity contribution < 1.29 is 5.11 Å². The third kappa shape index (κ3) is 3.13. The zero-order chi connectivity index (χ0) is 18.1. The van der Waals surface area contributed by atoms with E-state index in [1.165, 1.54) is 11.1 Å². The lowest BCUT2D eigenvalue weighted by Gasteiger charge is -2.23. The van der Waals surface area contributed by atoms with E-state index < -0.39 is 0 Å². The highest BCUT2D eigenvalue weighted by Crippen LogP contribution is 2.37. The number of terminal acetylenes is 1. The van der Waals surface area contributed by atoms with Crippen molar-refractivity contribution in [2.45, 2.75) is 57.0 Å². The van der Waals surface area contributed by atoms with Crippen molar-refractivity contribution in [2.75, 3.05) is 5.32 Å². The van der Waals surface area contributed by atoms with Crippen LogP contribution >= 0.6 is 0 Å². The Hall–Kier alpha value is -2.58. The van der Waals surface area contributed by atoms with Crippen LogP contribution in [0, 0.1) is 12.3 Å². The highest BCUT2D eigenvalue weighted by molar-refractivity contribution is 5.73. The average molecular weight is 348 g/mol.